The van der Waals surface area contributed by atoms with Gasteiger partial charge >= 0.3 is 0 Å². The lowest BCUT2D eigenvalue weighted by Crippen LogP contribution is -2.53. The molecule has 4 heteroatoms. The Balaban J connectivity index is 2.26. The zero-order valence-electron chi connectivity index (χ0n) is 11.9. The molecule has 1 fully saturated rings. The number of hydrogen-bond acceptors (Lipinski definition) is 2. The number of halogens is 1. The second kappa shape index (κ2) is 5.25. The first-order valence-electron chi connectivity index (χ1n) is 6.52. The smallest absolute Gasteiger partial charge is 0.255 e. The maximum atomic E-state index is 12.6. The summed E-state index contributed by atoms with van der Waals surface area (Å²) in [5.74, 6) is 0.0683. The zero-order chi connectivity index (χ0) is 14.2. The highest BCUT2D eigenvalue weighted by Gasteiger charge is 2.34. The van der Waals surface area contributed by atoms with Gasteiger partial charge in [-0.2, -0.15) is 0 Å². The van der Waals surface area contributed by atoms with Crippen LogP contribution < -0.4 is 0 Å². The van der Waals surface area contributed by atoms with Gasteiger partial charge in [0.1, 0.15) is 0 Å². The van der Waals surface area contributed by atoms with Crippen molar-refractivity contribution in [3.8, 4) is 0 Å². The number of rotatable bonds is 1. The van der Waals surface area contributed by atoms with E-state index < -0.39 is 0 Å². The van der Waals surface area contributed by atoms with Crippen LogP contribution in [0.2, 0.25) is 0 Å². The summed E-state index contributed by atoms with van der Waals surface area (Å²) in [6.45, 7) is 9.31. The molecule has 1 amide bonds. The maximum absolute atomic E-state index is 12.6. The first kappa shape index (κ1) is 14.5. The minimum atomic E-state index is -0.288. The van der Waals surface area contributed by atoms with Crippen LogP contribution >= 0.6 is 15.9 Å². The van der Waals surface area contributed by atoms with Crippen LogP contribution in [-0.2, 0) is 4.74 Å². The number of hydrogen-bond donors (Lipinski definition) is 0. The summed E-state index contributed by atoms with van der Waals surface area (Å²) in [5, 5.41) is 0. The molecule has 2 rings (SSSR count). The molecule has 0 spiro atoms. The van der Waals surface area contributed by atoms with Crippen LogP contribution in [0.1, 0.15) is 36.7 Å². The van der Waals surface area contributed by atoms with Gasteiger partial charge in [0.2, 0.25) is 0 Å². The van der Waals surface area contributed by atoms with Crippen molar-refractivity contribution in [3.05, 3.63) is 33.8 Å². The molecule has 3 nitrogen and oxygen atoms in total. The van der Waals surface area contributed by atoms with Gasteiger partial charge in [0, 0.05) is 17.6 Å². The quantitative estimate of drug-likeness (QED) is 0.792. The summed E-state index contributed by atoms with van der Waals surface area (Å²) in [5.41, 5.74) is 1.51. The van der Waals surface area contributed by atoms with Crippen molar-refractivity contribution < 1.29 is 9.53 Å². The Morgan fingerprint density at radius 3 is 2.79 bits per heavy atom. The van der Waals surface area contributed by atoms with E-state index in [-0.39, 0.29) is 17.6 Å². The fourth-order valence-electron chi connectivity index (χ4n) is 2.59. The molecule has 1 aliphatic rings. The van der Waals surface area contributed by atoms with Crippen LogP contribution in [-0.4, -0.2) is 35.6 Å². The van der Waals surface area contributed by atoms with E-state index in [1.807, 2.05) is 50.8 Å². The number of carbonyl (C=O) groups is 1. The van der Waals surface area contributed by atoms with Crippen molar-refractivity contribution in [1.29, 1.82) is 0 Å². The van der Waals surface area contributed by atoms with Crippen LogP contribution in [0.15, 0.2) is 22.7 Å². The third-order valence-corrected chi connectivity index (χ3v) is 4.33. The lowest BCUT2D eigenvalue weighted by molar-refractivity contribution is -0.118. The summed E-state index contributed by atoms with van der Waals surface area (Å²) >= 11 is 3.51. The summed E-state index contributed by atoms with van der Waals surface area (Å²) < 4.78 is 6.72. The van der Waals surface area contributed by atoms with Gasteiger partial charge in [-0.25, -0.2) is 0 Å². The second-order valence-corrected chi connectivity index (χ2v) is 6.60. The van der Waals surface area contributed by atoms with E-state index in [2.05, 4.69) is 15.9 Å². The first-order chi connectivity index (χ1) is 8.80. The molecule has 1 aromatic rings. The Morgan fingerprint density at radius 2 is 2.16 bits per heavy atom. The molecule has 0 saturated carbocycles. The van der Waals surface area contributed by atoms with E-state index in [4.69, 9.17) is 4.74 Å². The van der Waals surface area contributed by atoms with Crippen molar-refractivity contribution in [2.75, 3.05) is 13.1 Å². The highest BCUT2D eigenvalue weighted by Crippen LogP contribution is 2.26. The molecule has 0 radical (unpaired) electrons. The number of ether oxygens (including phenoxy) is 1. The minimum absolute atomic E-state index is 0.0660. The minimum Gasteiger partial charge on any atom is -0.369 e. The molecule has 1 atom stereocenters. The molecule has 104 valence electrons. The Hall–Kier alpha value is -0.870. The Bertz CT molecular complexity index is 499. The predicted molar refractivity (Wildman–Crippen MR) is 79.4 cm³/mol. The molecule has 1 unspecified atom stereocenters. The molecule has 0 aromatic heterocycles. The van der Waals surface area contributed by atoms with Gasteiger partial charge < -0.3 is 9.64 Å². The second-order valence-electron chi connectivity index (χ2n) is 5.81. The number of aryl methyl sites for hydroxylation is 1. The number of amides is 1. The van der Waals surface area contributed by atoms with E-state index in [0.29, 0.717) is 13.1 Å². The van der Waals surface area contributed by atoms with E-state index in [0.717, 1.165) is 15.6 Å². The van der Waals surface area contributed by atoms with Crippen molar-refractivity contribution in [3.63, 3.8) is 0 Å². The standard InChI is InChI=1S/C15H20BrNO2/c1-10-6-5-7-12(13(10)16)14(18)17-8-11(2)19-15(3,4)9-17/h5-7,11H,8-9H2,1-4H3. The third-order valence-electron chi connectivity index (χ3n) is 3.28. The van der Waals surface area contributed by atoms with Gasteiger partial charge in [-0.3, -0.25) is 4.79 Å². The van der Waals surface area contributed by atoms with Crippen molar-refractivity contribution in [2.45, 2.75) is 39.4 Å². The highest BCUT2D eigenvalue weighted by atomic mass is 79.9. The Kier molecular flexibility index (Phi) is 4.02. The van der Waals surface area contributed by atoms with E-state index in [1.54, 1.807) is 0 Å². The Morgan fingerprint density at radius 1 is 1.47 bits per heavy atom. The van der Waals surface area contributed by atoms with Gasteiger partial charge in [0.15, 0.2) is 0 Å². The SMILES string of the molecule is Cc1cccc(C(=O)N2CC(C)OC(C)(C)C2)c1Br. The molecule has 1 aliphatic heterocycles. The summed E-state index contributed by atoms with van der Waals surface area (Å²) in [6, 6.07) is 5.78. The maximum Gasteiger partial charge on any atom is 0.255 e. The molecule has 0 aliphatic carbocycles. The third kappa shape index (κ3) is 3.18. The fraction of sp³-hybridized carbons (Fsp3) is 0.533. The number of benzene rings is 1. The van der Waals surface area contributed by atoms with Crippen LogP contribution in [0.25, 0.3) is 0 Å². The lowest BCUT2D eigenvalue weighted by Gasteiger charge is -2.41. The molecule has 19 heavy (non-hydrogen) atoms. The number of morpholine rings is 1. The monoisotopic (exact) mass is 325 g/mol. The van der Waals surface area contributed by atoms with Crippen LogP contribution in [0.5, 0.6) is 0 Å². The summed E-state index contributed by atoms with van der Waals surface area (Å²) in [4.78, 5) is 14.5. The zero-order valence-corrected chi connectivity index (χ0v) is 13.5. The normalized spacial score (nSPS) is 22.4. The van der Waals surface area contributed by atoms with Gasteiger partial charge in [-0.05, 0) is 55.3 Å². The number of nitrogens with zero attached hydrogens (tertiary/aromatic N) is 1. The average molecular weight is 326 g/mol. The molecule has 1 saturated heterocycles. The average Bonchev–Trinajstić information content (AvgIpc) is 2.29. The largest absolute Gasteiger partial charge is 0.369 e. The van der Waals surface area contributed by atoms with Crippen LogP contribution in [0.4, 0.5) is 0 Å². The van der Waals surface area contributed by atoms with Crippen LogP contribution in [0.3, 0.4) is 0 Å². The van der Waals surface area contributed by atoms with Gasteiger partial charge in [-0.15, -0.1) is 0 Å². The molecule has 1 aromatic carbocycles. The van der Waals surface area contributed by atoms with Crippen molar-refractivity contribution in [2.24, 2.45) is 0 Å². The summed E-state index contributed by atoms with van der Waals surface area (Å²) in [6.07, 6.45) is 0.0660. The van der Waals surface area contributed by atoms with Crippen LogP contribution in [0, 0.1) is 6.92 Å². The van der Waals surface area contributed by atoms with Gasteiger partial charge in [0.25, 0.3) is 5.91 Å². The molecule has 0 N–H and O–H groups in total. The fourth-order valence-corrected chi connectivity index (χ4v) is 3.03. The van der Waals surface area contributed by atoms with Crippen molar-refractivity contribution in [1.82, 2.24) is 4.90 Å². The van der Waals surface area contributed by atoms with E-state index >= 15 is 0 Å². The molecular formula is C15H20BrNO2. The highest BCUT2D eigenvalue weighted by molar-refractivity contribution is 9.10. The van der Waals surface area contributed by atoms with E-state index in [1.165, 1.54) is 0 Å². The first-order valence-corrected chi connectivity index (χ1v) is 7.32. The lowest BCUT2D eigenvalue weighted by atomic mass is 10.0. The number of carbonyl (C=O) groups excluding carboxylic acids is 1. The van der Waals surface area contributed by atoms with Gasteiger partial charge in [0.05, 0.1) is 17.3 Å². The van der Waals surface area contributed by atoms with E-state index in [9.17, 15) is 4.79 Å². The summed E-state index contributed by atoms with van der Waals surface area (Å²) in [7, 11) is 0. The van der Waals surface area contributed by atoms with Crippen molar-refractivity contribution >= 4 is 21.8 Å². The molecular weight excluding hydrogens is 306 g/mol. The molecule has 0 bridgehead atoms. The Labute approximate surface area is 123 Å². The predicted octanol–water partition coefficient (Wildman–Crippen LogP) is 3.40. The van der Waals surface area contributed by atoms with Gasteiger partial charge in [-0.1, -0.05) is 12.1 Å². The topological polar surface area (TPSA) is 29.5 Å². The molecule has 1 heterocycles.